The van der Waals surface area contributed by atoms with Crippen LogP contribution in [0.25, 0.3) is 0 Å². The second-order valence-electron chi connectivity index (χ2n) is 6.94. The highest BCUT2D eigenvalue weighted by Crippen LogP contribution is 2.27. The summed E-state index contributed by atoms with van der Waals surface area (Å²) in [4.78, 5) is 24.9. The number of nitrogens with one attached hydrogen (secondary N) is 1. The molecule has 1 N–H and O–H groups in total. The number of amides is 1. The van der Waals surface area contributed by atoms with Gasteiger partial charge in [0.25, 0.3) is 5.91 Å². The van der Waals surface area contributed by atoms with Crippen LogP contribution in [0.3, 0.4) is 0 Å². The zero-order valence-electron chi connectivity index (χ0n) is 17.4. The second kappa shape index (κ2) is 10.9. The first-order chi connectivity index (χ1) is 12.8. The molecule has 0 fully saturated rings. The lowest BCUT2D eigenvalue weighted by atomic mass is 9.96. The van der Waals surface area contributed by atoms with Crippen molar-refractivity contribution in [3.63, 3.8) is 0 Å². The lowest BCUT2D eigenvalue weighted by Crippen LogP contribution is -2.42. The lowest BCUT2D eigenvalue weighted by Gasteiger charge is -2.28. The minimum absolute atomic E-state index is 0.0892. The van der Waals surface area contributed by atoms with E-state index in [1.807, 2.05) is 20.8 Å². The Kier molecular flexibility index (Phi) is 9.29. The second-order valence-corrected chi connectivity index (χ2v) is 6.94. The molecule has 0 spiro atoms. The molecule has 1 rings (SSSR count). The average Bonchev–Trinajstić information content (AvgIpc) is 2.62. The Labute approximate surface area is 162 Å². The number of benzene rings is 1. The van der Waals surface area contributed by atoms with Gasteiger partial charge in [-0.1, -0.05) is 26.2 Å². The summed E-state index contributed by atoms with van der Waals surface area (Å²) < 4.78 is 16.3. The normalized spacial score (nSPS) is 13.1. The molecule has 6 heteroatoms. The third-order valence-electron chi connectivity index (χ3n) is 4.21. The smallest absolute Gasteiger partial charge is 0.341 e. The molecular weight excluding hydrogens is 346 g/mol. The van der Waals surface area contributed by atoms with E-state index >= 15 is 0 Å². The number of esters is 1. The molecule has 0 aliphatic carbocycles. The van der Waals surface area contributed by atoms with Crippen molar-refractivity contribution in [1.29, 1.82) is 0 Å². The Bertz CT molecular complexity index is 629. The zero-order valence-corrected chi connectivity index (χ0v) is 17.4. The lowest BCUT2D eigenvalue weighted by molar-refractivity contribution is -0.139. The number of carbonyl (C=O) groups is 2. The van der Waals surface area contributed by atoms with Crippen LogP contribution in [0.1, 0.15) is 70.7 Å². The van der Waals surface area contributed by atoms with Crippen LogP contribution in [0, 0.1) is 0 Å². The summed E-state index contributed by atoms with van der Waals surface area (Å²) in [5, 5.41) is 2.87. The molecule has 0 radical (unpaired) electrons. The molecule has 0 aliphatic heterocycles. The summed E-state index contributed by atoms with van der Waals surface area (Å²) >= 11 is 0. The van der Waals surface area contributed by atoms with Crippen LogP contribution in [0.15, 0.2) is 18.2 Å². The molecule has 1 amide bonds. The van der Waals surface area contributed by atoms with Crippen molar-refractivity contribution in [3.05, 3.63) is 23.8 Å². The van der Waals surface area contributed by atoms with Crippen molar-refractivity contribution < 1.29 is 23.8 Å². The molecule has 0 heterocycles. The third-order valence-corrected chi connectivity index (χ3v) is 4.21. The number of methoxy groups -OCH3 is 1. The minimum Gasteiger partial charge on any atom is -0.490 e. The number of unbranched alkanes of at least 4 members (excludes halogenated alkanes) is 2. The molecule has 0 aliphatic rings. The van der Waals surface area contributed by atoms with Gasteiger partial charge in [0.2, 0.25) is 0 Å². The van der Waals surface area contributed by atoms with Gasteiger partial charge in [-0.15, -0.1) is 0 Å². The monoisotopic (exact) mass is 379 g/mol. The Morgan fingerprint density at radius 3 is 2.44 bits per heavy atom. The number of carbonyl (C=O) groups excluding carboxylic acids is 2. The van der Waals surface area contributed by atoms with Crippen LogP contribution >= 0.6 is 0 Å². The third kappa shape index (κ3) is 6.86. The average molecular weight is 379 g/mol. The number of hydrogen-bond donors (Lipinski definition) is 1. The van der Waals surface area contributed by atoms with Crippen LogP contribution in [0.4, 0.5) is 5.69 Å². The van der Waals surface area contributed by atoms with Gasteiger partial charge in [-0.2, -0.15) is 0 Å². The van der Waals surface area contributed by atoms with Gasteiger partial charge in [-0.25, -0.2) is 4.79 Å². The first kappa shape index (κ1) is 23.0. The summed E-state index contributed by atoms with van der Waals surface area (Å²) in [6.45, 7) is 10.00. The van der Waals surface area contributed by atoms with Crippen molar-refractivity contribution in [3.8, 4) is 5.75 Å². The summed E-state index contributed by atoms with van der Waals surface area (Å²) in [5.74, 6) is -0.323. The number of rotatable bonds is 11. The van der Waals surface area contributed by atoms with Crippen molar-refractivity contribution in [2.75, 3.05) is 19.0 Å². The van der Waals surface area contributed by atoms with Gasteiger partial charge in [-0.05, 0) is 52.3 Å². The van der Waals surface area contributed by atoms with E-state index in [0.717, 1.165) is 19.3 Å². The predicted octanol–water partition coefficient (Wildman–Crippen LogP) is 4.57. The molecule has 1 aromatic rings. The fourth-order valence-corrected chi connectivity index (χ4v) is 2.78. The largest absolute Gasteiger partial charge is 0.490 e. The van der Waals surface area contributed by atoms with E-state index in [-0.39, 0.29) is 17.6 Å². The zero-order chi connectivity index (χ0) is 20.4. The molecule has 1 aromatic carbocycles. The van der Waals surface area contributed by atoms with E-state index in [4.69, 9.17) is 14.2 Å². The van der Waals surface area contributed by atoms with Crippen molar-refractivity contribution in [2.45, 2.75) is 72.0 Å². The molecule has 1 atom stereocenters. The highest BCUT2D eigenvalue weighted by atomic mass is 16.5. The maximum absolute atomic E-state index is 12.8. The maximum atomic E-state index is 12.8. The van der Waals surface area contributed by atoms with Crippen LogP contribution in [-0.4, -0.2) is 37.3 Å². The molecule has 0 saturated carbocycles. The molecule has 27 heavy (non-hydrogen) atoms. The Balaban J connectivity index is 3.03. The summed E-state index contributed by atoms with van der Waals surface area (Å²) in [5.41, 5.74) is -0.145. The van der Waals surface area contributed by atoms with Crippen LogP contribution in [-0.2, 0) is 14.3 Å². The number of hydrogen-bond acceptors (Lipinski definition) is 5. The molecule has 6 nitrogen and oxygen atoms in total. The molecule has 0 unspecified atom stereocenters. The first-order valence-electron chi connectivity index (χ1n) is 9.61. The summed E-state index contributed by atoms with van der Waals surface area (Å²) in [7, 11) is 1.31. The molecule has 0 saturated heterocycles. The molecular formula is C21H33NO5. The van der Waals surface area contributed by atoms with Gasteiger partial charge in [0, 0.05) is 12.3 Å². The fraction of sp³-hybridized carbons (Fsp3) is 0.619. The highest BCUT2D eigenvalue weighted by Gasteiger charge is 2.33. The molecule has 0 aromatic heterocycles. The number of anilines is 1. The van der Waals surface area contributed by atoms with E-state index in [1.54, 1.807) is 25.1 Å². The molecule has 0 bridgehead atoms. The van der Waals surface area contributed by atoms with Gasteiger partial charge in [0.1, 0.15) is 16.9 Å². The maximum Gasteiger partial charge on any atom is 0.341 e. The van der Waals surface area contributed by atoms with Gasteiger partial charge in [0.05, 0.1) is 13.2 Å². The first-order valence-corrected chi connectivity index (χ1v) is 9.61. The van der Waals surface area contributed by atoms with E-state index in [0.29, 0.717) is 24.5 Å². The SMILES string of the molecule is CCCCC[C@@](C)(OCC)C(=O)Nc1ccc(OC(C)C)c(C(=O)OC)c1. The van der Waals surface area contributed by atoms with Gasteiger partial charge in [-0.3, -0.25) is 4.79 Å². The standard InChI is InChI=1S/C21H33NO5/c1-7-9-10-13-21(5,26-8-2)20(24)22-16-11-12-18(27-15(3)4)17(14-16)19(23)25-6/h11-12,14-15H,7-10,13H2,1-6H3,(H,22,24)/t21-/m1/s1. The van der Waals surface area contributed by atoms with Crippen molar-refractivity contribution in [1.82, 2.24) is 0 Å². The van der Waals surface area contributed by atoms with E-state index in [1.165, 1.54) is 7.11 Å². The highest BCUT2D eigenvalue weighted by molar-refractivity contribution is 5.99. The number of ether oxygens (including phenoxy) is 3. The predicted molar refractivity (Wildman–Crippen MR) is 106 cm³/mol. The summed E-state index contributed by atoms with van der Waals surface area (Å²) in [6, 6.07) is 4.94. The van der Waals surface area contributed by atoms with E-state index in [9.17, 15) is 9.59 Å². The van der Waals surface area contributed by atoms with E-state index in [2.05, 4.69) is 12.2 Å². The molecule has 152 valence electrons. The van der Waals surface area contributed by atoms with Gasteiger partial charge >= 0.3 is 5.97 Å². The van der Waals surface area contributed by atoms with E-state index < -0.39 is 11.6 Å². The van der Waals surface area contributed by atoms with Gasteiger partial charge < -0.3 is 19.5 Å². The Morgan fingerprint density at radius 2 is 1.89 bits per heavy atom. The summed E-state index contributed by atoms with van der Waals surface area (Å²) in [6.07, 6.45) is 3.58. The topological polar surface area (TPSA) is 73.9 Å². The van der Waals surface area contributed by atoms with Crippen LogP contribution in [0.5, 0.6) is 5.75 Å². The van der Waals surface area contributed by atoms with Gasteiger partial charge in [0.15, 0.2) is 0 Å². The fourth-order valence-electron chi connectivity index (χ4n) is 2.78. The Hall–Kier alpha value is -2.08. The van der Waals surface area contributed by atoms with Crippen molar-refractivity contribution >= 4 is 17.6 Å². The quantitative estimate of drug-likeness (QED) is 0.450. The Morgan fingerprint density at radius 1 is 1.19 bits per heavy atom. The minimum atomic E-state index is -0.914. The van der Waals surface area contributed by atoms with Crippen molar-refractivity contribution in [2.24, 2.45) is 0 Å². The van der Waals surface area contributed by atoms with Crippen LogP contribution in [0.2, 0.25) is 0 Å². The van der Waals surface area contributed by atoms with Crippen LogP contribution < -0.4 is 10.1 Å².